The van der Waals surface area contributed by atoms with Crippen LogP contribution in [-0.4, -0.2) is 36.7 Å². The molecule has 3 nitrogen and oxygen atoms in total. The third-order valence-corrected chi connectivity index (χ3v) is 3.97. The average Bonchev–Trinajstić information content (AvgIpc) is 2.39. The fourth-order valence-corrected chi connectivity index (χ4v) is 2.78. The summed E-state index contributed by atoms with van der Waals surface area (Å²) in [5, 5.41) is 7.74. The highest BCUT2D eigenvalue weighted by Gasteiger charge is 2.17. The summed E-state index contributed by atoms with van der Waals surface area (Å²) < 4.78 is 0. The second-order valence-corrected chi connectivity index (χ2v) is 5.90. The summed E-state index contributed by atoms with van der Waals surface area (Å²) in [6, 6.07) is 7.61. The minimum absolute atomic E-state index is 0.640. The first-order valence-corrected chi connectivity index (χ1v) is 7.41. The smallest absolute Gasteiger partial charge is 0.170 e. The molecule has 1 atom stereocenters. The molecule has 2 rings (SSSR count). The number of thiocarbonyl (C=S) groups is 1. The number of nitrogens with zero attached hydrogens (tertiary/aromatic N) is 1. The van der Waals surface area contributed by atoms with Gasteiger partial charge in [0, 0.05) is 13.1 Å². The van der Waals surface area contributed by atoms with Crippen molar-refractivity contribution in [2.75, 3.05) is 32.0 Å². The van der Waals surface area contributed by atoms with Crippen molar-refractivity contribution in [2.24, 2.45) is 5.92 Å². The molecule has 1 aromatic rings. The van der Waals surface area contributed by atoms with E-state index in [1.807, 2.05) is 24.3 Å². The third kappa shape index (κ3) is 4.64. The maximum absolute atomic E-state index is 6.08. The van der Waals surface area contributed by atoms with Crippen LogP contribution in [0, 0.1) is 5.92 Å². The van der Waals surface area contributed by atoms with E-state index in [9.17, 15) is 0 Å². The fourth-order valence-electron chi connectivity index (χ4n) is 2.41. The molecule has 1 aromatic carbocycles. The zero-order chi connectivity index (χ0) is 13.7. The highest BCUT2D eigenvalue weighted by molar-refractivity contribution is 7.80. The minimum Gasteiger partial charge on any atom is -0.362 e. The molecule has 2 N–H and O–H groups in total. The van der Waals surface area contributed by atoms with Gasteiger partial charge in [-0.25, -0.2) is 0 Å². The van der Waals surface area contributed by atoms with E-state index in [0.717, 1.165) is 18.8 Å². The van der Waals surface area contributed by atoms with Crippen molar-refractivity contribution in [3.05, 3.63) is 29.3 Å². The van der Waals surface area contributed by atoms with Crippen LogP contribution in [0.4, 0.5) is 5.69 Å². The van der Waals surface area contributed by atoms with Gasteiger partial charge in [-0.2, -0.15) is 0 Å². The van der Waals surface area contributed by atoms with Crippen molar-refractivity contribution in [1.29, 1.82) is 0 Å². The number of anilines is 1. The van der Waals surface area contributed by atoms with Gasteiger partial charge in [-0.15, -0.1) is 0 Å². The second-order valence-electron chi connectivity index (χ2n) is 5.09. The van der Waals surface area contributed by atoms with E-state index < -0.39 is 0 Å². The lowest BCUT2D eigenvalue weighted by atomic mass is 9.99. The third-order valence-electron chi connectivity index (χ3n) is 3.40. The monoisotopic (exact) mass is 297 g/mol. The molecule has 0 bridgehead atoms. The van der Waals surface area contributed by atoms with Gasteiger partial charge in [-0.1, -0.05) is 23.7 Å². The molecule has 1 saturated heterocycles. The minimum atomic E-state index is 0.640. The predicted molar refractivity (Wildman–Crippen MR) is 85.9 cm³/mol. The Morgan fingerprint density at radius 2 is 2.26 bits per heavy atom. The quantitative estimate of drug-likeness (QED) is 0.839. The molecule has 1 heterocycles. The molecule has 1 fully saturated rings. The van der Waals surface area contributed by atoms with Crippen LogP contribution in [0.2, 0.25) is 5.02 Å². The number of piperidine rings is 1. The first-order chi connectivity index (χ1) is 9.15. The molecule has 104 valence electrons. The van der Waals surface area contributed by atoms with Gasteiger partial charge in [-0.3, -0.25) is 0 Å². The van der Waals surface area contributed by atoms with Crippen molar-refractivity contribution in [2.45, 2.75) is 12.8 Å². The molecule has 1 aliphatic rings. The number of rotatable bonds is 3. The summed E-state index contributed by atoms with van der Waals surface area (Å²) in [6.45, 7) is 3.27. The Balaban J connectivity index is 1.77. The van der Waals surface area contributed by atoms with Gasteiger partial charge < -0.3 is 15.5 Å². The van der Waals surface area contributed by atoms with Crippen molar-refractivity contribution in [1.82, 2.24) is 10.2 Å². The van der Waals surface area contributed by atoms with E-state index in [2.05, 4.69) is 22.6 Å². The summed E-state index contributed by atoms with van der Waals surface area (Å²) in [5.41, 5.74) is 0.849. The number of halogens is 1. The molecule has 5 heteroatoms. The molecule has 0 amide bonds. The Labute approximate surface area is 125 Å². The second kappa shape index (κ2) is 7.08. The number of nitrogens with one attached hydrogen (secondary N) is 2. The van der Waals surface area contributed by atoms with Crippen LogP contribution in [0.1, 0.15) is 12.8 Å². The largest absolute Gasteiger partial charge is 0.362 e. The van der Waals surface area contributed by atoms with E-state index in [0.29, 0.717) is 16.1 Å². The van der Waals surface area contributed by atoms with Crippen LogP contribution in [0.25, 0.3) is 0 Å². The number of hydrogen-bond donors (Lipinski definition) is 2. The topological polar surface area (TPSA) is 27.3 Å². The van der Waals surface area contributed by atoms with Crippen LogP contribution >= 0.6 is 23.8 Å². The Kier molecular flexibility index (Phi) is 5.43. The number of para-hydroxylation sites is 1. The zero-order valence-electron chi connectivity index (χ0n) is 11.2. The van der Waals surface area contributed by atoms with Gasteiger partial charge in [0.05, 0.1) is 10.7 Å². The van der Waals surface area contributed by atoms with Gasteiger partial charge in [0.1, 0.15) is 0 Å². The first-order valence-electron chi connectivity index (χ1n) is 6.63. The SMILES string of the molecule is CN1CCCC(CNC(=S)Nc2ccccc2Cl)C1. The molecular weight excluding hydrogens is 278 g/mol. The van der Waals surface area contributed by atoms with E-state index in [1.54, 1.807) is 0 Å². The Morgan fingerprint density at radius 1 is 1.47 bits per heavy atom. The molecule has 1 unspecified atom stereocenters. The highest BCUT2D eigenvalue weighted by Crippen LogP contribution is 2.20. The lowest BCUT2D eigenvalue weighted by Gasteiger charge is -2.30. The van der Waals surface area contributed by atoms with Crippen LogP contribution in [0.5, 0.6) is 0 Å². The summed E-state index contributed by atoms with van der Waals surface area (Å²) in [6.07, 6.45) is 2.54. The molecule has 0 saturated carbocycles. The molecule has 19 heavy (non-hydrogen) atoms. The summed E-state index contributed by atoms with van der Waals surface area (Å²) in [4.78, 5) is 2.38. The fraction of sp³-hybridized carbons (Fsp3) is 0.500. The van der Waals surface area contributed by atoms with Crippen molar-refractivity contribution < 1.29 is 0 Å². The Morgan fingerprint density at radius 3 is 3.00 bits per heavy atom. The molecule has 0 radical (unpaired) electrons. The van der Waals surface area contributed by atoms with E-state index in [-0.39, 0.29) is 0 Å². The van der Waals surface area contributed by atoms with Gasteiger partial charge in [0.2, 0.25) is 0 Å². The normalized spacial score (nSPS) is 20.0. The summed E-state index contributed by atoms with van der Waals surface area (Å²) in [5.74, 6) is 0.671. The predicted octanol–water partition coefficient (Wildman–Crippen LogP) is 2.97. The maximum Gasteiger partial charge on any atom is 0.170 e. The number of benzene rings is 1. The number of likely N-dealkylation sites (tertiary alicyclic amines) is 1. The van der Waals surface area contributed by atoms with Crippen molar-refractivity contribution in [3.8, 4) is 0 Å². The standard InChI is InChI=1S/C14H20ClN3S/c1-18-8-4-5-11(10-18)9-16-14(19)17-13-7-3-2-6-12(13)15/h2-3,6-7,11H,4-5,8-10H2,1H3,(H2,16,17,19). The van der Waals surface area contributed by atoms with Crippen LogP contribution in [0.15, 0.2) is 24.3 Å². The van der Waals surface area contributed by atoms with Gasteiger partial charge in [0.25, 0.3) is 0 Å². The van der Waals surface area contributed by atoms with Crippen LogP contribution in [-0.2, 0) is 0 Å². The van der Waals surface area contributed by atoms with Crippen molar-refractivity contribution >= 4 is 34.6 Å². The first kappa shape index (κ1) is 14.6. The summed E-state index contributed by atoms with van der Waals surface area (Å²) in [7, 11) is 2.17. The Hall–Kier alpha value is -0.840. The van der Waals surface area contributed by atoms with Crippen molar-refractivity contribution in [3.63, 3.8) is 0 Å². The van der Waals surface area contributed by atoms with Crippen LogP contribution < -0.4 is 10.6 Å². The molecule has 1 aliphatic heterocycles. The Bertz CT molecular complexity index is 438. The highest BCUT2D eigenvalue weighted by atomic mass is 35.5. The maximum atomic E-state index is 6.08. The lowest BCUT2D eigenvalue weighted by molar-refractivity contribution is 0.211. The zero-order valence-corrected chi connectivity index (χ0v) is 12.7. The van der Waals surface area contributed by atoms with Crippen LogP contribution in [0.3, 0.4) is 0 Å². The van der Waals surface area contributed by atoms with E-state index >= 15 is 0 Å². The molecule has 0 spiro atoms. The molecular formula is C14H20ClN3S. The average molecular weight is 298 g/mol. The summed E-state index contributed by atoms with van der Waals surface area (Å²) >= 11 is 11.4. The molecule has 0 aromatic heterocycles. The van der Waals surface area contributed by atoms with Gasteiger partial charge >= 0.3 is 0 Å². The van der Waals surface area contributed by atoms with Gasteiger partial charge in [-0.05, 0) is 56.7 Å². The van der Waals surface area contributed by atoms with E-state index in [1.165, 1.54) is 19.4 Å². The van der Waals surface area contributed by atoms with Gasteiger partial charge in [0.15, 0.2) is 5.11 Å². The van der Waals surface area contributed by atoms with E-state index in [4.69, 9.17) is 23.8 Å². The lowest BCUT2D eigenvalue weighted by Crippen LogP contribution is -2.40. The molecule has 0 aliphatic carbocycles. The number of hydrogen-bond acceptors (Lipinski definition) is 2.